The third kappa shape index (κ3) is 3.07. The number of nitrogens with one attached hydrogen (secondary N) is 1. The molecule has 2 N–H and O–H groups in total. The van der Waals surface area contributed by atoms with E-state index in [0.29, 0.717) is 11.6 Å². The lowest BCUT2D eigenvalue weighted by atomic mass is 10.2. The number of hydrogen-bond acceptors (Lipinski definition) is 2. The largest absolute Gasteiger partial charge is 0.394 e. The summed E-state index contributed by atoms with van der Waals surface area (Å²) >= 11 is 8.00. The maximum Gasteiger partial charge on any atom is 0.322 e. The summed E-state index contributed by atoms with van der Waals surface area (Å²) < 4.78 is 0.896. The van der Waals surface area contributed by atoms with Gasteiger partial charge in [0.15, 0.2) is 0 Å². The van der Waals surface area contributed by atoms with Crippen molar-refractivity contribution in [3.63, 3.8) is 0 Å². The summed E-state index contributed by atoms with van der Waals surface area (Å²) in [5.74, 6) is 0. The van der Waals surface area contributed by atoms with Crippen LogP contribution in [0.3, 0.4) is 0 Å². The van der Waals surface area contributed by atoms with E-state index in [-0.39, 0.29) is 18.7 Å². The van der Waals surface area contributed by atoms with Crippen LogP contribution < -0.4 is 5.32 Å². The van der Waals surface area contributed by atoms with E-state index in [4.69, 9.17) is 11.6 Å². The average Bonchev–Trinajstić information content (AvgIpc) is 2.81. The highest BCUT2D eigenvalue weighted by molar-refractivity contribution is 14.1. The molecule has 1 unspecified atom stereocenters. The number of urea groups is 1. The Bertz CT molecular complexity index is 456. The van der Waals surface area contributed by atoms with Gasteiger partial charge in [0.25, 0.3) is 0 Å². The molecule has 1 aromatic carbocycles. The first kappa shape index (κ1) is 13.9. The van der Waals surface area contributed by atoms with Gasteiger partial charge in [-0.05, 0) is 53.6 Å². The van der Waals surface area contributed by atoms with E-state index in [2.05, 4.69) is 27.9 Å². The molecule has 0 saturated carbocycles. The van der Waals surface area contributed by atoms with Crippen LogP contribution in [0.15, 0.2) is 18.2 Å². The molecule has 1 aliphatic heterocycles. The smallest absolute Gasteiger partial charge is 0.322 e. The van der Waals surface area contributed by atoms with E-state index in [1.807, 2.05) is 0 Å². The molecule has 2 amide bonds. The summed E-state index contributed by atoms with van der Waals surface area (Å²) in [6.45, 7) is 0.715. The van der Waals surface area contributed by atoms with E-state index in [9.17, 15) is 9.90 Å². The molecule has 1 aliphatic rings. The van der Waals surface area contributed by atoms with Crippen molar-refractivity contribution < 1.29 is 9.90 Å². The number of aliphatic hydroxyl groups is 1. The second-order valence-electron chi connectivity index (χ2n) is 4.23. The van der Waals surface area contributed by atoms with Gasteiger partial charge in [-0.2, -0.15) is 0 Å². The van der Waals surface area contributed by atoms with Crippen molar-refractivity contribution >= 4 is 45.9 Å². The molecule has 1 fully saturated rings. The second-order valence-corrected chi connectivity index (χ2v) is 5.82. The lowest BCUT2D eigenvalue weighted by Crippen LogP contribution is -2.40. The molecule has 6 heteroatoms. The molecular weight excluding hydrogens is 367 g/mol. The van der Waals surface area contributed by atoms with Gasteiger partial charge in [-0.3, -0.25) is 0 Å². The van der Waals surface area contributed by atoms with Crippen molar-refractivity contribution in [3.05, 3.63) is 26.8 Å². The van der Waals surface area contributed by atoms with Gasteiger partial charge in [0.05, 0.1) is 18.3 Å². The Kier molecular flexibility index (Phi) is 4.69. The SMILES string of the molecule is O=C(Nc1ccc(Cl)cc1I)N1CCCC1CO. The lowest BCUT2D eigenvalue weighted by Gasteiger charge is -2.23. The topological polar surface area (TPSA) is 52.6 Å². The van der Waals surface area contributed by atoms with Gasteiger partial charge in [-0.1, -0.05) is 11.6 Å². The van der Waals surface area contributed by atoms with E-state index in [0.717, 1.165) is 22.1 Å². The number of rotatable bonds is 2. The molecule has 0 bridgehead atoms. The number of hydrogen-bond donors (Lipinski definition) is 2. The summed E-state index contributed by atoms with van der Waals surface area (Å²) in [4.78, 5) is 13.8. The monoisotopic (exact) mass is 380 g/mol. The Labute approximate surface area is 124 Å². The zero-order valence-corrected chi connectivity index (χ0v) is 12.6. The zero-order valence-electron chi connectivity index (χ0n) is 9.70. The Morgan fingerprint density at radius 3 is 3.06 bits per heavy atom. The molecule has 2 rings (SSSR count). The van der Waals surface area contributed by atoms with Gasteiger partial charge < -0.3 is 15.3 Å². The predicted octanol–water partition coefficient (Wildman–Crippen LogP) is 2.93. The molecule has 0 spiro atoms. The van der Waals surface area contributed by atoms with E-state index in [1.165, 1.54) is 0 Å². The second kappa shape index (κ2) is 6.08. The number of halogens is 2. The Morgan fingerprint density at radius 2 is 2.39 bits per heavy atom. The fourth-order valence-electron chi connectivity index (χ4n) is 2.07. The summed E-state index contributed by atoms with van der Waals surface area (Å²) in [6.07, 6.45) is 1.80. The van der Waals surface area contributed by atoms with Gasteiger partial charge >= 0.3 is 6.03 Å². The molecule has 0 aromatic heterocycles. The Hall–Kier alpha value is -0.530. The number of carbonyl (C=O) groups is 1. The molecule has 98 valence electrons. The quantitative estimate of drug-likeness (QED) is 0.775. The van der Waals surface area contributed by atoms with Crippen molar-refractivity contribution in [2.24, 2.45) is 0 Å². The number of likely N-dealkylation sites (tertiary alicyclic amines) is 1. The minimum atomic E-state index is -0.160. The number of amides is 2. The molecule has 0 radical (unpaired) electrons. The van der Waals surface area contributed by atoms with E-state index < -0.39 is 0 Å². The summed E-state index contributed by atoms with van der Waals surface area (Å²) in [5, 5.41) is 12.7. The van der Waals surface area contributed by atoms with Crippen LogP contribution in [0, 0.1) is 3.57 Å². The van der Waals surface area contributed by atoms with Crippen LogP contribution in [-0.2, 0) is 0 Å². The zero-order chi connectivity index (χ0) is 13.1. The Morgan fingerprint density at radius 1 is 1.61 bits per heavy atom. The fraction of sp³-hybridized carbons (Fsp3) is 0.417. The number of nitrogens with zero attached hydrogens (tertiary/aromatic N) is 1. The van der Waals surface area contributed by atoms with Crippen molar-refractivity contribution in [1.82, 2.24) is 4.90 Å². The number of aliphatic hydroxyl groups excluding tert-OH is 1. The van der Waals surface area contributed by atoms with Gasteiger partial charge in [0, 0.05) is 15.1 Å². The van der Waals surface area contributed by atoms with Crippen LogP contribution in [0.1, 0.15) is 12.8 Å². The fourth-order valence-corrected chi connectivity index (χ4v) is 3.08. The highest BCUT2D eigenvalue weighted by Crippen LogP contribution is 2.24. The first-order valence-corrected chi connectivity index (χ1v) is 7.21. The summed E-state index contributed by atoms with van der Waals surface area (Å²) in [6, 6.07) is 5.10. The standard InChI is InChI=1S/C12H14ClIN2O2/c13-8-3-4-11(10(14)6-8)15-12(18)16-5-1-2-9(16)7-17/h3-4,6,9,17H,1-2,5,7H2,(H,15,18). The normalized spacial score (nSPS) is 19.1. The molecule has 1 heterocycles. The van der Waals surface area contributed by atoms with Crippen molar-refractivity contribution in [2.75, 3.05) is 18.5 Å². The maximum absolute atomic E-state index is 12.1. The average molecular weight is 381 g/mol. The van der Waals surface area contributed by atoms with Gasteiger partial charge in [0.2, 0.25) is 0 Å². The molecule has 0 aliphatic carbocycles. The van der Waals surface area contributed by atoms with Crippen molar-refractivity contribution in [3.8, 4) is 0 Å². The maximum atomic E-state index is 12.1. The first-order valence-electron chi connectivity index (χ1n) is 5.75. The minimum Gasteiger partial charge on any atom is -0.394 e. The third-order valence-electron chi connectivity index (χ3n) is 3.02. The van der Waals surface area contributed by atoms with Crippen molar-refractivity contribution in [2.45, 2.75) is 18.9 Å². The minimum absolute atomic E-state index is 0.0190. The van der Waals surface area contributed by atoms with Crippen LogP contribution in [0.5, 0.6) is 0 Å². The number of anilines is 1. The predicted molar refractivity (Wildman–Crippen MR) is 80.0 cm³/mol. The van der Waals surface area contributed by atoms with Crippen LogP contribution in [0.2, 0.25) is 5.02 Å². The van der Waals surface area contributed by atoms with Gasteiger partial charge in [-0.25, -0.2) is 4.79 Å². The molecule has 1 aromatic rings. The molecular formula is C12H14ClIN2O2. The van der Waals surface area contributed by atoms with Crippen LogP contribution in [0.25, 0.3) is 0 Å². The van der Waals surface area contributed by atoms with Crippen LogP contribution in [0.4, 0.5) is 10.5 Å². The molecule has 1 atom stereocenters. The Balaban J connectivity index is 2.07. The molecule has 4 nitrogen and oxygen atoms in total. The summed E-state index contributed by atoms with van der Waals surface area (Å²) in [5.41, 5.74) is 0.744. The first-order chi connectivity index (χ1) is 8.61. The highest BCUT2D eigenvalue weighted by atomic mass is 127. The third-order valence-corrected chi connectivity index (χ3v) is 4.15. The molecule has 18 heavy (non-hydrogen) atoms. The van der Waals surface area contributed by atoms with Crippen LogP contribution in [-0.4, -0.2) is 35.2 Å². The summed E-state index contributed by atoms with van der Waals surface area (Å²) in [7, 11) is 0. The van der Waals surface area contributed by atoms with E-state index in [1.54, 1.807) is 23.1 Å². The van der Waals surface area contributed by atoms with E-state index >= 15 is 0 Å². The molecule has 1 saturated heterocycles. The highest BCUT2D eigenvalue weighted by Gasteiger charge is 2.28. The lowest BCUT2D eigenvalue weighted by molar-refractivity contribution is 0.166. The number of benzene rings is 1. The van der Waals surface area contributed by atoms with Gasteiger partial charge in [-0.15, -0.1) is 0 Å². The van der Waals surface area contributed by atoms with Gasteiger partial charge in [0.1, 0.15) is 0 Å². The van der Waals surface area contributed by atoms with Crippen LogP contribution >= 0.6 is 34.2 Å². The number of carbonyl (C=O) groups excluding carboxylic acids is 1. The van der Waals surface area contributed by atoms with Crippen molar-refractivity contribution in [1.29, 1.82) is 0 Å².